The number of halogens is 2. The predicted molar refractivity (Wildman–Crippen MR) is 94.1 cm³/mol. The van der Waals surface area contributed by atoms with Gasteiger partial charge in [0.2, 0.25) is 0 Å². The van der Waals surface area contributed by atoms with Gasteiger partial charge < -0.3 is 4.74 Å². The van der Waals surface area contributed by atoms with E-state index < -0.39 is 5.41 Å². The Hall–Kier alpha value is -1.91. The number of nitrogens with zero attached hydrogens (tertiary/aromatic N) is 1. The van der Waals surface area contributed by atoms with Gasteiger partial charge in [-0.2, -0.15) is 0 Å². The molecule has 0 aromatic heterocycles. The van der Waals surface area contributed by atoms with Gasteiger partial charge >= 0.3 is 5.97 Å². The number of hydrogen-bond acceptors (Lipinski definition) is 4. The van der Waals surface area contributed by atoms with Crippen molar-refractivity contribution in [3.8, 4) is 0 Å². The second kappa shape index (κ2) is 6.54. The summed E-state index contributed by atoms with van der Waals surface area (Å²) in [4.78, 5) is 23.8. The molecule has 0 saturated carbocycles. The minimum atomic E-state index is -1.07. The van der Waals surface area contributed by atoms with Crippen LogP contribution in [0.2, 0.25) is 10.0 Å². The summed E-state index contributed by atoms with van der Waals surface area (Å²) in [5.41, 5.74) is 1.44. The number of carbonyl (C=O) groups is 1. The van der Waals surface area contributed by atoms with Crippen molar-refractivity contribution in [3.63, 3.8) is 0 Å². The molecule has 2 aromatic rings. The maximum absolute atomic E-state index is 13.0. The first kappa shape index (κ1) is 16.9. The topological polar surface area (TPSA) is 55.7 Å². The molecular formula is C18H15Cl2NO3. The third-order valence-electron chi connectivity index (χ3n) is 4.43. The van der Waals surface area contributed by atoms with Gasteiger partial charge in [-0.3, -0.25) is 4.79 Å². The minimum Gasteiger partial charge on any atom is -0.465 e. The lowest BCUT2D eigenvalue weighted by Crippen LogP contribution is -2.37. The van der Waals surface area contributed by atoms with Crippen LogP contribution < -0.4 is 0 Å². The van der Waals surface area contributed by atoms with E-state index in [1.54, 1.807) is 6.92 Å². The van der Waals surface area contributed by atoms with Gasteiger partial charge in [-0.05, 0) is 48.2 Å². The zero-order valence-electron chi connectivity index (χ0n) is 13.0. The summed E-state index contributed by atoms with van der Waals surface area (Å²) < 4.78 is 5.37. The second-order valence-corrected chi connectivity index (χ2v) is 6.47. The summed E-state index contributed by atoms with van der Waals surface area (Å²) in [6.07, 6.45) is 1.23. The molecule has 0 radical (unpaired) electrons. The van der Waals surface area contributed by atoms with E-state index in [0.29, 0.717) is 12.0 Å². The van der Waals surface area contributed by atoms with E-state index in [-0.39, 0.29) is 28.3 Å². The van der Waals surface area contributed by atoms with Crippen LogP contribution >= 0.6 is 23.2 Å². The first-order valence-corrected chi connectivity index (χ1v) is 8.38. The highest BCUT2D eigenvalue weighted by molar-refractivity contribution is 6.37. The standard InChI is InChI=1S/C18H15Cl2NO3/c1-2-24-17(22)18(8-7-11-5-3-4-6-13(11)18)16-14(19)9-12(21-23)10-15(16)20/h3-6,9-10H,2,7-8H2,1H3. The number of esters is 1. The number of aryl methyl sites for hydroxylation is 1. The van der Waals surface area contributed by atoms with E-state index in [9.17, 15) is 9.70 Å². The molecule has 0 spiro atoms. The molecule has 3 rings (SSSR count). The quantitative estimate of drug-likeness (QED) is 0.554. The Labute approximate surface area is 149 Å². The molecule has 1 aliphatic rings. The van der Waals surface area contributed by atoms with E-state index in [1.165, 1.54) is 12.1 Å². The fraction of sp³-hybridized carbons (Fsp3) is 0.278. The monoisotopic (exact) mass is 363 g/mol. The number of rotatable bonds is 4. The van der Waals surface area contributed by atoms with Gasteiger partial charge in [0.05, 0.1) is 6.61 Å². The fourth-order valence-electron chi connectivity index (χ4n) is 3.46. The van der Waals surface area contributed by atoms with Crippen LogP contribution in [-0.4, -0.2) is 12.6 Å². The average Bonchev–Trinajstić information content (AvgIpc) is 2.95. The van der Waals surface area contributed by atoms with Crippen molar-refractivity contribution in [2.45, 2.75) is 25.2 Å². The largest absolute Gasteiger partial charge is 0.465 e. The molecule has 0 heterocycles. The third-order valence-corrected chi connectivity index (χ3v) is 5.03. The molecule has 1 unspecified atom stereocenters. The lowest BCUT2D eigenvalue weighted by atomic mass is 9.75. The summed E-state index contributed by atoms with van der Waals surface area (Å²) in [6, 6.07) is 10.6. The summed E-state index contributed by atoms with van der Waals surface area (Å²) in [5, 5.41) is 3.35. The summed E-state index contributed by atoms with van der Waals surface area (Å²) >= 11 is 12.8. The fourth-order valence-corrected chi connectivity index (χ4v) is 4.26. The molecular weight excluding hydrogens is 349 g/mol. The predicted octanol–water partition coefficient (Wildman–Crippen LogP) is 5.19. The van der Waals surface area contributed by atoms with Crippen molar-refractivity contribution in [2.24, 2.45) is 5.18 Å². The molecule has 0 bridgehead atoms. The van der Waals surface area contributed by atoms with Crippen molar-refractivity contribution in [1.29, 1.82) is 0 Å². The van der Waals surface area contributed by atoms with E-state index in [1.807, 2.05) is 24.3 Å². The zero-order chi connectivity index (χ0) is 17.3. The van der Waals surface area contributed by atoms with Crippen LogP contribution in [0.15, 0.2) is 41.6 Å². The van der Waals surface area contributed by atoms with Crippen LogP contribution in [0.4, 0.5) is 5.69 Å². The third kappa shape index (κ3) is 2.50. The smallest absolute Gasteiger partial charge is 0.321 e. The van der Waals surface area contributed by atoms with Crippen molar-refractivity contribution in [3.05, 3.63) is 68.0 Å². The normalized spacial score (nSPS) is 19.0. The Morgan fingerprint density at radius 3 is 2.54 bits per heavy atom. The maximum Gasteiger partial charge on any atom is 0.321 e. The molecule has 0 aliphatic heterocycles. The van der Waals surface area contributed by atoms with E-state index in [4.69, 9.17) is 27.9 Å². The average molecular weight is 364 g/mol. The number of benzene rings is 2. The first-order valence-electron chi connectivity index (χ1n) is 7.63. The van der Waals surface area contributed by atoms with Gasteiger partial charge in [0.15, 0.2) is 0 Å². The van der Waals surface area contributed by atoms with Gasteiger partial charge in [0.25, 0.3) is 0 Å². The zero-order valence-corrected chi connectivity index (χ0v) is 14.5. The molecule has 0 fully saturated rings. The lowest BCUT2D eigenvalue weighted by Gasteiger charge is -2.30. The molecule has 4 nitrogen and oxygen atoms in total. The minimum absolute atomic E-state index is 0.124. The molecule has 1 aliphatic carbocycles. The summed E-state index contributed by atoms with van der Waals surface area (Å²) in [5.74, 6) is -0.384. The summed E-state index contributed by atoms with van der Waals surface area (Å²) in [7, 11) is 0. The number of carbonyl (C=O) groups excluding carboxylic acids is 1. The van der Waals surface area contributed by atoms with E-state index in [2.05, 4.69) is 5.18 Å². The Morgan fingerprint density at radius 2 is 1.92 bits per heavy atom. The van der Waals surface area contributed by atoms with Gasteiger partial charge in [-0.1, -0.05) is 47.5 Å². The number of fused-ring (bicyclic) bond motifs is 1. The highest BCUT2D eigenvalue weighted by atomic mass is 35.5. The van der Waals surface area contributed by atoms with Crippen LogP contribution in [0.1, 0.15) is 30.0 Å². The molecule has 24 heavy (non-hydrogen) atoms. The molecule has 0 saturated heterocycles. The van der Waals surface area contributed by atoms with E-state index >= 15 is 0 Å². The van der Waals surface area contributed by atoms with Gasteiger partial charge in [-0.15, -0.1) is 4.91 Å². The summed E-state index contributed by atoms with van der Waals surface area (Å²) in [6.45, 7) is 2.01. The Morgan fingerprint density at radius 1 is 1.25 bits per heavy atom. The maximum atomic E-state index is 13.0. The SMILES string of the molecule is CCOC(=O)C1(c2c(Cl)cc(N=O)cc2Cl)CCc2ccccc21. The van der Waals surface area contributed by atoms with Gasteiger partial charge in [0.1, 0.15) is 11.1 Å². The number of nitroso groups, excluding NO2 is 1. The van der Waals surface area contributed by atoms with Crippen LogP contribution in [0.3, 0.4) is 0 Å². The Bertz CT molecular complexity index is 799. The number of hydrogen-bond donors (Lipinski definition) is 0. The number of ether oxygens (including phenoxy) is 1. The molecule has 0 amide bonds. The molecule has 6 heteroatoms. The van der Waals surface area contributed by atoms with Crippen LogP contribution in [0, 0.1) is 4.91 Å². The van der Waals surface area contributed by atoms with Crippen LogP contribution in [-0.2, 0) is 21.4 Å². The van der Waals surface area contributed by atoms with Crippen molar-refractivity contribution >= 4 is 34.9 Å². The Balaban J connectivity index is 2.30. The molecule has 2 aromatic carbocycles. The second-order valence-electron chi connectivity index (χ2n) is 5.66. The molecule has 124 valence electrons. The van der Waals surface area contributed by atoms with Crippen LogP contribution in [0.25, 0.3) is 0 Å². The van der Waals surface area contributed by atoms with Gasteiger partial charge in [-0.25, -0.2) is 0 Å². The highest BCUT2D eigenvalue weighted by Gasteiger charge is 2.50. The first-order chi connectivity index (χ1) is 11.5. The highest BCUT2D eigenvalue weighted by Crippen LogP contribution is 2.50. The lowest BCUT2D eigenvalue weighted by molar-refractivity contribution is -0.148. The van der Waals surface area contributed by atoms with E-state index in [0.717, 1.165) is 17.5 Å². The van der Waals surface area contributed by atoms with Crippen LogP contribution in [0.5, 0.6) is 0 Å². The van der Waals surface area contributed by atoms with Crippen molar-refractivity contribution in [1.82, 2.24) is 0 Å². The van der Waals surface area contributed by atoms with Gasteiger partial charge in [0, 0.05) is 15.6 Å². The Kier molecular flexibility index (Phi) is 4.61. The van der Waals surface area contributed by atoms with Crippen molar-refractivity contribution < 1.29 is 9.53 Å². The van der Waals surface area contributed by atoms with Crippen molar-refractivity contribution in [2.75, 3.05) is 6.61 Å². The molecule has 0 N–H and O–H groups in total. The molecule has 1 atom stereocenters.